The zero-order valence-electron chi connectivity index (χ0n) is 14.7. The third-order valence-corrected chi connectivity index (χ3v) is 5.13. The van der Waals surface area contributed by atoms with Gasteiger partial charge < -0.3 is 5.32 Å². The zero-order valence-corrected chi connectivity index (χ0v) is 14.7. The van der Waals surface area contributed by atoms with E-state index in [2.05, 4.69) is 22.2 Å². The van der Waals surface area contributed by atoms with Gasteiger partial charge in [0.2, 0.25) is 5.95 Å². The Labute approximate surface area is 150 Å². The summed E-state index contributed by atoms with van der Waals surface area (Å²) in [6, 6.07) is 7.92. The molecule has 2 heterocycles. The van der Waals surface area contributed by atoms with E-state index in [-0.39, 0.29) is 11.6 Å². The summed E-state index contributed by atoms with van der Waals surface area (Å²) in [4.78, 5) is 21.9. The fourth-order valence-electron chi connectivity index (χ4n) is 3.66. The molecule has 3 aromatic rings. The lowest BCUT2D eigenvalue weighted by atomic mass is 9.87. The lowest BCUT2D eigenvalue weighted by Gasteiger charge is -2.29. The molecular weight excluding hydrogens is 331 g/mol. The van der Waals surface area contributed by atoms with Crippen molar-refractivity contribution >= 4 is 22.5 Å². The molecule has 1 fully saturated rings. The molecule has 0 saturated heterocycles. The van der Waals surface area contributed by atoms with Crippen molar-refractivity contribution in [3.05, 3.63) is 58.9 Å². The number of nitrogens with zero attached hydrogens (tertiary/aromatic N) is 3. The molecule has 4 rings (SSSR count). The van der Waals surface area contributed by atoms with Crippen LogP contribution in [0.15, 0.2) is 47.5 Å². The number of fused-ring (bicyclic) bond motifs is 1. The highest BCUT2D eigenvalue weighted by molar-refractivity contribution is 5.79. The molecular formula is C20H21FN4O. The van der Waals surface area contributed by atoms with E-state index in [4.69, 9.17) is 0 Å². The molecule has 0 unspecified atom stereocenters. The Hall–Kier alpha value is -2.76. The van der Waals surface area contributed by atoms with Crippen LogP contribution in [-0.2, 0) is 0 Å². The molecule has 1 saturated carbocycles. The summed E-state index contributed by atoms with van der Waals surface area (Å²) in [7, 11) is 0. The van der Waals surface area contributed by atoms with Crippen LogP contribution in [0.3, 0.4) is 0 Å². The fourth-order valence-corrected chi connectivity index (χ4v) is 3.66. The van der Waals surface area contributed by atoms with Gasteiger partial charge in [-0.3, -0.25) is 14.3 Å². The normalized spacial score (nSPS) is 20.2. The summed E-state index contributed by atoms with van der Waals surface area (Å²) in [5, 5.41) is 3.54. The van der Waals surface area contributed by atoms with Gasteiger partial charge in [0.1, 0.15) is 5.82 Å². The lowest BCUT2D eigenvalue weighted by Crippen LogP contribution is -2.30. The molecule has 134 valence electrons. The molecule has 1 N–H and O–H groups in total. The molecule has 1 aliphatic carbocycles. The maximum atomic E-state index is 13.7. The third-order valence-electron chi connectivity index (χ3n) is 5.13. The van der Waals surface area contributed by atoms with Crippen molar-refractivity contribution in [2.75, 3.05) is 5.32 Å². The van der Waals surface area contributed by atoms with Crippen LogP contribution >= 0.6 is 0 Å². The minimum absolute atomic E-state index is 0.0676. The van der Waals surface area contributed by atoms with E-state index < -0.39 is 5.82 Å². The van der Waals surface area contributed by atoms with Gasteiger partial charge in [0.25, 0.3) is 5.56 Å². The predicted molar refractivity (Wildman–Crippen MR) is 100 cm³/mol. The second kappa shape index (κ2) is 6.86. The average molecular weight is 352 g/mol. The number of anilines is 2. The highest BCUT2D eigenvalue weighted by Gasteiger charge is 2.24. The first-order valence-electron chi connectivity index (χ1n) is 9.00. The maximum Gasteiger partial charge on any atom is 0.263 e. The van der Waals surface area contributed by atoms with Crippen molar-refractivity contribution in [3.8, 4) is 0 Å². The Morgan fingerprint density at radius 2 is 2.00 bits per heavy atom. The van der Waals surface area contributed by atoms with E-state index in [1.165, 1.54) is 12.1 Å². The Morgan fingerprint density at radius 3 is 2.73 bits per heavy atom. The second-order valence-corrected chi connectivity index (χ2v) is 7.05. The Kier molecular flexibility index (Phi) is 4.41. The molecule has 5 nitrogen and oxygen atoms in total. The first-order valence-corrected chi connectivity index (χ1v) is 9.00. The van der Waals surface area contributed by atoms with E-state index in [9.17, 15) is 9.18 Å². The van der Waals surface area contributed by atoms with Gasteiger partial charge in [-0.05, 0) is 61.9 Å². The van der Waals surface area contributed by atoms with Gasteiger partial charge in [0.15, 0.2) is 0 Å². The SMILES string of the molecule is C[C@H]1CC[C@H](n2c(Nc3cccnc3)nc3ccc(F)cc3c2=O)CC1. The van der Waals surface area contributed by atoms with Gasteiger partial charge in [-0.2, -0.15) is 0 Å². The van der Waals surface area contributed by atoms with E-state index in [1.807, 2.05) is 12.1 Å². The van der Waals surface area contributed by atoms with E-state index in [1.54, 1.807) is 23.0 Å². The van der Waals surface area contributed by atoms with Gasteiger partial charge in [-0.25, -0.2) is 9.37 Å². The fraction of sp³-hybridized carbons (Fsp3) is 0.350. The number of hydrogen-bond donors (Lipinski definition) is 1. The van der Waals surface area contributed by atoms with Crippen LogP contribution in [-0.4, -0.2) is 14.5 Å². The van der Waals surface area contributed by atoms with Gasteiger partial charge in [-0.15, -0.1) is 0 Å². The van der Waals surface area contributed by atoms with Gasteiger partial charge in [0.05, 0.1) is 22.8 Å². The number of aromatic nitrogens is 3. The van der Waals surface area contributed by atoms with Crippen LogP contribution in [0, 0.1) is 11.7 Å². The van der Waals surface area contributed by atoms with Crippen LogP contribution in [0.2, 0.25) is 0 Å². The summed E-state index contributed by atoms with van der Waals surface area (Å²) >= 11 is 0. The van der Waals surface area contributed by atoms with Crippen molar-refractivity contribution in [1.29, 1.82) is 0 Å². The Balaban J connectivity index is 1.86. The first kappa shape index (κ1) is 16.7. The third kappa shape index (κ3) is 3.19. The predicted octanol–water partition coefficient (Wildman–Crippen LogP) is 4.43. The van der Waals surface area contributed by atoms with Crippen molar-refractivity contribution in [2.24, 2.45) is 5.92 Å². The molecule has 0 amide bonds. The van der Waals surface area contributed by atoms with Crippen LogP contribution in [0.5, 0.6) is 0 Å². The van der Waals surface area contributed by atoms with Crippen molar-refractivity contribution in [2.45, 2.75) is 38.6 Å². The zero-order chi connectivity index (χ0) is 18.1. The minimum atomic E-state index is -0.423. The molecule has 0 atom stereocenters. The molecule has 2 aromatic heterocycles. The largest absolute Gasteiger partial charge is 0.324 e. The number of benzene rings is 1. The average Bonchev–Trinajstić information content (AvgIpc) is 2.65. The summed E-state index contributed by atoms with van der Waals surface area (Å²) in [6.45, 7) is 2.24. The van der Waals surface area contributed by atoms with Gasteiger partial charge in [-0.1, -0.05) is 6.92 Å². The highest BCUT2D eigenvalue weighted by atomic mass is 19.1. The molecule has 0 spiro atoms. The topological polar surface area (TPSA) is 59.8 Å². The molecule has 0 bridgehead atoms. The van der Waals surface area contributed by atoms with Gasteiger partial charge >= 0.3 is 0 Å². The number of nitrogens with one attached hydrogen (secondary N) is 1. The molecule has 0 aliphatic heterocycles. The maximum absolute atomic E-state index is 13.7. The van der Waals surface area contributed by atoms with Crippen molar-refractivity contribution in [1.82, 2.24) is 14.5 Å². The minimum Gasteiger partial charge on any atom is -0.324 e. The molecule has 6 heteroatoms. The summed E-state index contributed by atoms with van der Waals surface area (Å²) in [5.74, 6) is 0.734. The van der Waals surface area contributed by atoms with Crippen LogP contribution in [0.1, 0.15) is 38.6 Å². The van der Waals surface area contributed by atoms with E-state index >= 15 is 0 Å². The smallest absolute Gasteiger partial charge is 0.263 e. The Bertz CT molecular complexity index is 978. The summed E-state index contributed by atoms with van der Waals surface area (Å²) in [6.07, 6.45) is 7.37. The first-order chi connectivity index (χ1) is 12.6. The standard InChI is InChI=1S/C20H21FN4O/c1-13-4-7-16(8-5-13)25-19(26)17-11-14(21)6-9-18(17)24-20(25)23-15-3-2-10-22-12-15/h2-3,6,9-13,16H,4-5,7-8H2,1H3,(H,23,24)/t13-,16-. The van der Waals surface area contributed by atoms with Crippen LogP contribution < -0.4 is 10.9 Å². The number of hydrogen-bond acceptors (Lipinski definition) is 4. The number of pyridine rings is 1. The summed E-state index contributed by atoms with van der Waals surface area (Å²) < 4.78 is 15.4. The Morgan fingerprint density at radius 1 is 1.19 bits per heavy atom. The molecule has 1 aliphatic rings. The van der Waals surface area contributed by atoms with Crippen LogP contribution in [0.4, 0.5) is 16.0 Å². The quantitative estimate of drug-likeness (QED) is 0.758. The molecule has 26 heavy (non-hydrogen) atoms. The van der Waals surface area contributed by atoms with Crippen molar-refractivity contribution in [3.63, 3.8) is 0 Å². The highest BCUT2D eigenvalue weighted by Crippen LogP contribution is 2.33. The summed E-state index contributed by atoms with van der Waals surface area (Å²) in [5.41, 5.74) is 1.06. The van der Waals surface area contributed by atoms with E-state index in [0.29, 0.717) is 22.8 Å². The van der Waals surface area contributed by atoms with Gasteiger partial charge in [0, 0.05) is 12.2 Å². The van der Waals surface area contributed by atoms with Crippen molar-refractivity contribution < 1.29 is 4.39 Å². The van der Waals surface area contributed by atoms with Crippen LogP contribution in [0.25, 0.3) is 10.9 Å². The second-order valence-electron chi connectivity index (χ2n) is 7.05. The molecule has 1 aromatic carbocycles. The van der Waals surface area contributed by atoms with E-state index in [0.717, 1.165) is 31.4 Å². The molecule has 0 radical (unpaired) electrons. The number of rotatable bonds is 3. The monoisotopic (exact) mass is 352 g/mol. The number of halogens is 1. The lowest BCUT2D eigenvalue weighted by molar-refractivity contribution is 0.287.